The zero-order chi connectivity index (χ0) is 23.3. The molecule has 2 unspecified atom stereocenters. The average molecular weight is 446 g/mol. The molecule has 0 bridgehead atoms. The molecule has 9 nitrogen and oxygen atoms in total. The van der Waals surface area contributed by atoms with Crippen LogP contribution >= 0.6 is 0 Å². The second kappa shape index (κ2) is 7.33. The molecule has 2 atom stereocenters. The number of ketones is 1. The highest BCUT2D eigenvalue weighted by Gasteiger charge is 2.60. The minimum atomic E-state index is -1.36. The number of Topliss-reactive ketones (excluding diaryl/α,β-unsaturated/α-hetero) is 1. The molecule has 1 spiro atoms. The van der Waals surface area contributed by atoms with E-state index in [2.05, 4.69) is 5.32 Å². The molecule has 2 aliphatic rings. The van der Waals surface area contributed by atoms with Crippen LogP contribution in [0.2, 0.25) is 0 Å². The van der Waals surface area contributed by atoms with Crippen molar-refractivity contribution in [1.29, 1.82) is 0 Å². The van der Waals surface area contributed by atoms with E-state index in [0.717, 1.165) is 5.56 Å². The van der Waals surface area contributed by atoms with Crippen molar-refractivity contribution in [3.8, 4) is 11.5 Å². The van der Waals surface area contributed by atoms with Crippen LogP contribution in [0.15, 0.2) is 60.7 Å². The molecule has 0 saturated heterocycles. The molecule has 3 aromatic rings. The van der Waals surface area contributed by atoms with Crippen molar-refractivity contribution in [2.75, 3.05) is 12.4 Å². The number of carbonyl (C=O) groups excluding carboxylic acids is 2. The molecule has 3 aromatic carbocycles. The number of hydrogen-bond acceptors (Lipinski definition) is 8. The lowest BCUT2D eigenvalue weighted by Gasteiger charge is -2.30. The van der Waals surface area contributed by atoms with E-state index in [1.54, 1.807) is 12.1 Å². The SMILES string of the molecule is COC(=O)c1c(O)ccc2c1C1(Cc3ccccc3C1=O)C(Nc1ccc([N+](=O)[O-])cc1)O2. The predicted octanol–water partition coefficient (Wildman–Crippen LogP) is 3.59. The van der Waals surface area contributed by atoms with Crippen molar-refractivity contribution in [3.05, 3.63) is 93.0 Å². The Morgan fingerprint density at radius 2 is 1.91 bits per heavy atom. The Balaban J connectivity index is 1.67. The number of rotatable bonds is 4. The Kier molecular flexibility index (Phi) is 4.56. The number of anilines is 1. The first-order valence-corrected chi connectivity index (χ1v) is 10.1. The highest BCUT2D eigenvalue weighted by Crippen LogP contribution is 2.54. The van der Waals surface area contributed by atoms with Gasteiger partial charge in [-0.3, -0.25) is 14.9 Å². The number of nitrogens with one attached hydrogen (secondary N) is 1. The molecule has 9 heteroatoms. The van der Waals surface area contributed by atoms with Gasteiger partial charge in [-0.2, -0.15) is 0 Å². The van der Waals surface area contributed by atoms with Crippen LogP contribution in [0.5, 0.6) is 11.5 Å². The first-order chi connectivity index (χ1) is 15.9. The first-order valence-electron chi connectivity index (χ1n) is 10.1. The maximum absolute atomic E-state index is 13.9. The minimum absolute atomic E-state index is 0.0758. The molecule has 1 aliphatic carbocycles. The van der Waals surface area contributed by atoms with Crippen molar-refractivity contribution in [2.24, 2.45) is 0 Å². The zero-order valence-electron chi connectivity index (χ0n) is 17.4. The third-order valence-electron chi connectivity index (χ3n) is 6.19. The maximum atomic E-state index is 13.9. The molecule has 2 N–H and O–H groups in total. The summed E-state index contributed by atoms with van der Waals surface area (Å²) in [6.07, 6.45) is -0.716. The summed E-state index contributed by atoms with van der Waals surface area (Å²) in [5.41, 5.74) is 0.484. The van der Waals surface area contributed by atoms with Gasteiger partial charge in [-0.15, -0.1) is 0 Å². The number of nitrogens with zero attached hydrogens (tertiary/aromatic N) is 1. The lowest BCUT2D eigenvalue weighted by atomic mass is 9.74. The van der Waals surface area contributed by atoms with E-state index in [-0.39, 0.29) is 40.5 Å². The molecule has 1 heterocycles. The summed E-state index contributed by atoms with van der Waals surface area (Å²) in [4.78, 5) is 37.0. The van der Waals surface area contributed by atoms with Crippen LogP contribution in [0.3, 0.4) is 0 Å². The van der Waals surface area contributed by atoms with Gasteiger partial charge < -0.3 is 19.9 Å². The topological polar surface area (TPSA) is 128 Å². The fourth-order valence-corrected chi connectivity index (χ4v) is 4.70. The molecule has 33 heavy (non-hydrogen) atoms. The molecule has 0 fully saturated rings. The molecule has 5 rings (SSSR count). The van der Waals surface area contributed by atoms with Crippen molar-refractivity contribution >= 4 is 23.1 Å². The Morgan fingerprint density at radius 3 is 2.58 bits per heavy atom. The summed E-state index contributed by atoms with van der Waals surface area (Å²) in [5, 5.41) is 24.7. The van der Waals surface area contributed by atoms with Crippen LogP contribution < -0.4 is 10.1 Å². The Bertz CT molecular complexity index is 1320. The number of phenols is 1. The fraction of sp³-hybridized carbons (Fsp3) is 0.167. The summed E-state index contributed by atoms with van der Waals surface area (Å²) in [5.74, 6) is -1.09. The van der Waals surface area contributed by atoms with Crippen molar-refractivity contribution in [2.45, 2.75) is 18.1 Å². The minimum Gasteiger partial charge on any atom is -0.507 e. The Morgan fingerprint density at radius 1 is 1.18 bits per heavy atom. The number of aromatic hydroxyl groups is 1. The van der Waals surface area contributed by atoms with E-state index in [9.17, 15) is 24.8 Å². The number of nitro groups is 1. The van der Waals surface area contributed by atoms with Gasteiger partial charge in [0, 0.05) is 28.9 Å². The summed E-state index contributed by atoms with van der Waals surface area (Å²) >= 11 is 0. The first kappa shape index (κ1) is 20.5. The van der Waals surface area contributed by atoms with Gasteiger partial charge in [-0.1, -0.05) is 24.3 Å². The largest absolute Gasteiger partial charge is 0.507 e. The lowest BCUT2D eigenvalue weighted by molar-refractivity contribution is -0.384. The molecule has 0 aromatic heterocycles. The highest BCUT2D eigenvalue weighted by molar-refractivity contribution is 6.12. The van der Waals surface area contributed by atoms with E-state index >= 15 is 0 Å². The summed E-state index contributed by atoms with van der Waals surface area (Å²) in [7, 11) is 1.20. The van der Waals surface area contributed by atoms with Gasteiger partial charge >= 0.3 is 5.97 Å². The third-order valence-corrected chi connectivity index (χ3v) is 6.19. The quantitative estimate of drug-likeness (QED) is 0.354. The number of carbonyl (C=O) groups is 2. The Hall–Kier alpha value is -4.40. The van der Waals surface area contributed by atoms with E-state index in [1.807, 2.05) is 12.1 Å². The van der Waals surface area contributed by atoms with E-state index in [0.29, 0.717) is 11.3 Å². The number of non-ortho nitro benzene ring substituents is 1. The van der Waals surface area contributed by atoms with Crippen LogP contribution in [0, 0.1) is 10.1 Å². The number of ether oxygens (including phenoxy) is 2. The normalized spacial score (nSPS) is 20.2. The van der Waals surface area contributed by atoms with Crippen molar-refractivity contribution in [1.82, 2.24) is 0 Å². The van der Waals surface area contributed by atoms with Crippen LogP contribution in [0.25, 0.3) is 0 Å². The second-order valence-corrected chi connectivity index (χ2v) is 7.91. The van der Waals surface area contributed by atoms with Crippen LogP contribution in [-0.2, 0) is 16.6 Å². The van der Waals surface area contributed by atoms with Crippen LogP contribution in [-0.4, -0.2) is 35.1 Å². The summed E-state index contributed by atoms with van der Waals surface area (Å²) < 4.78 is 11.0. The number of benzene rings is 3. The molecular formula is C24H18N2O7. The van der Waals surface area contributed by atoms with Gasteiger partial charge in [0.1, 0.15) is 22.5 Å². The smallest absolute Gasteiger partial charge is 0.342 e. The van der Waals surface area contributed by atoms with Gasteiger partial charge in [0.15, 0.2) is 12.0 Å². The number of esters is 1. The van der Waals surface area contributed by atoms with Gasteiger partial charge in [0.25, 0.3) is 5.69 Å². The van der Waals surface area contributed by atoms with Gasteiger partial charge in [0.2, 0.25) is 0 Å². The lowest BCUT2D eigenvalue weighted by Crippen LogP contribution is -2.48. The molecular weight excluding hydrogens is 428 g/mol. The van der Waals surface area contributed by atoms with Crippen LogP contribution in [0.1, 0.15) is 31.8 Å². The molecule has 0 radical (unpaired) electrons. The monoisotopic (exact) mass is 446 g/mol. The van der Waals surface area contributed by atoms with Gasteiger partial charge in [-0.25, -0.2) is 4.79 Å². The second-order valence-electron chi connectivity index (χ2n) is 7.91. The summed E-state index contributed by atoms with van der Waals surface area (Å²) in [6.45, 7) is 0. The standard InChI is InChI=1S/C24H18N2O7/c1-32-22(29)19-17(27)10-11-18-20(19)24(12-13-4-2-3-5-16(13)21(24)28)23(33-18)25-14-6-8-15(9-7-14)26(30)31/h2-11,23,25,27H,12H2,1H3. The van der Waals surface area contributed by atoms with Gasteiger partial charge in [-0.05, 0) is 36.2 Å². The third kappa shape index (κ3) is 2.93. The summed E-state index contributed by atoms with van der Waals surface area (Å²) in [6, 6.07) is 15.7. The fourth-order valence-electron chi connectivity index (χ4n) is 4.70. The van der Waals surface area contributed by atoms with Crippen LogP contribution in [0.4, 0.5) is 11.4 Å². The number of phenolic OH excluding ortho intramolecular Hbond substituents is 1. The average Bonchev–Trinajstić information content (AvgIpc) is 3.29. The molecule has 0 amide bonds. The Labute approximate surface area is 187 Å². The molecule has 166 valence electrons. The maximum Gasteiger partial charge on any atom is 0.342 e. The van der Waals surface area contributed by atoms with E-state index < -0.39 is 22.5 Å². The van der Waals surface area contributed by atoms with Crippen molar-refractivity contribution in [3.63, 3.8) is 0 Å². The van der Waals surface area contributed by atoms with Crippen molar-refractivity contribution < 1.29 is 29.1 Å². The van der Waals surface area contributed by atoms with E-state index in [1.165, 1.54) is 43.5 Å². The predicted molar refractivity (Wildman–Crippen MR) is 117 cm³/mol. The van der Waals surface area contributed by atoms with E-state index in [4.69, 9.17) is 9.47 Å². The van der Waals surface area contributed by atoms with Gasteiger partial charge in [0.05, 0.1) is 12.0 Å². The number of methoxy groups -OCH3 is 1. The number of fused-ring (bicyclic) bond motifs is 3. The molecule has 0 saturated carbocycles. The highest BCUT2D eigenvalue weighted by atomic mass is 16.6. The molecule has 1 aliphatic heterocycles. The zero-order valence-corrected chi connectivity index (χ0v) is 17.4. The number of hydrogen-bond donors (Lipinski definition) is 2. The number of nitro benzene ring substituents is 1.